The van der Waals surface area contributed by atoms with Gasteiger partial charge in [-0.25, -0.2) is 4.79 Å². The summed E-state index contributed by atoms with van der Waals surface area (Å²) < 4.78 is 0. The minimum atomic E-state index is 0.196. The van der Waals surface area contributed by atoms with Gasteiger partial charge in [0.2, 0.25) is 0 Å². The number of amides is 2. The summed E-state index contributed by atoms with van der Waals surface area (Å²) in [7, 11) is 0. The molecule has 2 amide bonds. The topological polar surface area (TPSA) is 55.8 Å². The van der Waals surface area contributed by atoms with Crippen LogP contribution >= 0.6 is 0 Å². The molecule has 28 heavy (non-hydrogen) atoms. The van der Waals surface area contributed by atoms with Gasteiger partial charge in [0.1, 0.15) is 0 Å². The highest BCUT2D eigenvalue weighted by Crippen LogP contribution is 2.12. The van der Waals surface area contributed by atoms with E-state index >= 15 is 0 Å². The summed E-state index contributed by atoms with van der Waals surface area (Å²) in [4.78, 5) is 30.1. The minimum absolute atomic E-state index is 0.196. The minimum Gasteiger partial charge on any atom is -0.322 e. The van der Waals surface area contributed by atoms with Gasteiger partial charge in [-0.2, -0.15) is 0 Å². The van der Waals surface area contributed by atoms with E-state index < -0.39 is 0 Å². The van der Waals surface area contributed by atoms with Crippen LogP contribution in [0.5, 0.6) is 0 Å². The summed E-state index contributed by atoms with van der Waals surface area (Å²) in [6.07, 6.45) is 7.44. The molecule has 0 N–H and O–H groups in total. The fourth-order valence-electron chi connectivity index (χ4n) is 3.89. The number of piperazine rings is 2. The summed E-state index contributed by atoms with van der Waals surface area (Å²) in [5.74, 6) is 0. The normalized spacial score (nSPS) is 19.0. The van der Waals surface area contributed by atoms with Gasteiger partial charge in [0.05, 0.1) is 0 Å². The van der Waals surface area contributed by atoms with Crippen molar-refractivity contribution in [1.82, 2.24) is 29.6 Å². The lowest BCUT2D eigenvalue weighted by Gasteiger charge is -2.40. The molecular weight excluding hydrogens is 352 g/mol. The van der Waals surface area contributed by atoms with Gasteiger partial charge in [-0.15, -0.1) is 0 Å². The maximum absolute atomic E-state index is 12.9. The van der Waals surface area contributed by atoms with Gasteiger partial charge in [0.25, 0.3) is 0 Å². The van der Waals surface area contributed by atoms with Crippen LogP contribution in [0.4, 0.5) is 4.79 Å². The fourth-order valence-corrected chi connectivity index (χ4v) is 3.89. The van der Waals surface area contributed by atoms with Gasteiger partial charge >= 0.3 is 6.03 Å². The lowest BCUT2D eigenvalue weighted by atomic mass is 10.2. The highest BCUT2D eigenvalue weighted by atomic mass is 16.2. The predicted octanol–water partition coefficient (Wildman–Crippen LogP) is 1.53. The first-order chi connectivity index (χ1) is 13.8. The number of nitrogens with zero attached hydrogens (tertiary/aromatic N) is 6. The molecule has 0 radical (unpaired) electrons. The largest absolute Gasteiger partial charge is 0.322 e. The summed E-state index contributed by atoms with van der Waals surface area (Å²) in [5.41, 5.74) is 2.46. The average Bonchev–Trinajstić information content (AvgIpc) is 2.76. The highest BCUT2D eigenvalue weighted by Gasteiger charge is 2.27. The Balaban J connectivity index is 1.20. The maximum atomic E-state index is 12.9. The molecule has 2 aliphatic heterocycles. The monoisotopic (exact) mass is 380 g/mol. The third kappa shape index (κ3) is 4.85. The Hall–Kier alpha value is -2.51. The lowest BCUT2D eigenvalue weighted by molar-refractivity contribution is 0.0869. The molecule has 0 atom stereocenters. The van der Waals surface area contributed by atoms with Crippen LogP contribution in [0.15, 0.2) is 49.1 Å². The van der Waals surface area contributed by atoms with Crippen LogP contribution in [0, 0.1) is 0 Å². The summed E-state index contributed by atoms with van der Waals surface area (Å²) in [6.45, 7) is 8.69. The molecule has 4 rings (SSSR count). The number of aromatic nitrogens is 2. The molecule has 2 fully saturated rings. The zero-order valence-corrected chi connectivity index (χ0v) is 16.3. The highest BCUT2D eigenvalue weighted by molar-refractivity contribution is 5.74. The van der Waals surface area contributed by atoms with E-state index in [-0.39, 0.29) is 6.03 Å². The van der Waals surface area contributed by atoms with Crippen molar-refractivity contribution < 1.29 is 4.79 Å². The number of carbonyl (C=O) groups excluding carboxylic acids is 1. The Morgan fingerprint density at radius 1 is 0.714 bits per heavy atom. The van der Waals surface area contributed by atoms with Gasteiger partial charge < -0.3 is 9.80 Å². The van der Waals surface area contributed by atoms with E-state index in [1.54, 1.807) is 12.4 Å². The maximum Gasteiger partial charge on any atom is 0.320 e. The summed E-state index contributed by atoms with van der Waals surface area (Å²) in [5, 5.41) is 0. The van der Waals surface area contributed by atoms with E-state index in [1.807, 2.05) is 34.3 Å². The number of rotatable bonds is 4. The van der Waals surface area contributed by atoms with Gasteiger partial charge in [-0.05, 0) is 23.3 Å². The zero-order valence-electron chi connectivity index (χ0n) is 16.3. The molecule has 0 saturated carbocycles. The van der Waals surface area contributed by atoms with Crippen LogP contribution in [0.2, 0.25) is 0 Å². The first kappa shape index (κ1) is 18.8. The second kappa shape index (κ2) is 9.12. The molecule has 0 spiro atoms. The predicted molar refractivity (Wildman–Crippen MR) is 108 cm³/mol. The van der Waals surface area contributed by atoms with Crippen LogP contribution in [0.1, 0.15) is 11.1 Å². The lowest BCUT2D eigenvalue weighted by Crippen LogP contribution is -2.56. The second-order valence-corrected chi connectivity index (χ2v) is 7.53. The van der Waals surface area contributed by atoms with E-state index in [9.17, 15) is 4.79 Å². The third-order valence-electron chi connectivity index (χ3n) is 5.54. The molecule has 2 aliphatic rings. The Labute approximate surface area is 166 Å². The SMILES string of the molecule is O=C(N1CCN(Cc2cccnc2)CC1)N1CCN(Cc2cccnc2)CC1. The smallest absolute Gasteiger partial charge is 0.320 e. The molecule has 7 heteroatoms. The van der Waals surface area contributed by atoms with E-state index in [0.717, 1.165) is 65.4 Å². The molecule has 2 aromatic rings. The van der Waals surface area contributed by atoms with E-state index in [2.05, 4.69) is 31.9 Å². The van der Waals surface area contributed by atoms with Crippen LogP contribution < -0.4 is 0 Å². The first-order valence-electron chi connectivity index (χ1n) is 10.0. The Kier molecular flexibility index (Phi) is 6.14. The van der Waals surface area contributed by atoms with Crippen molar-refractivity contribution in [3.05, 3.63) is 60.2 Å². The van der Waals surface area contributed by atoms with Gasteiger partial charge in [-0.1, -0.05) is 12.1 Å². The Morgan fingerprint density at radius 3 is 1.50 bits per heavy atom. The van der Waals surface area contributed by atoms with Gasteiger partial charge in [0, 0.05) is 90.2 Å². The molecule has 148 valence electrons. The second-order valence-electron chi connectivity index (χ2n) is 7.53. The molecule has 7 nitrogen and oxygen atoms in total. The number of hydrogen-bond acceptors (Lipinski definition) is 5. The number of hydrogen-bond donors (Lipinski definition) is 0. The van der Waals surface area contributed by atoms with Crippen molar-refractivity contribution in [2.24, 2.45) is 0 Å². The molecule has 2 saturated heterocycles. The number of carbonyl (C=O) groups is 1. The van der Waals surface area contributed by atoms with Crippen LogP contribution in [0.3, 0.4) is 0 Å². The average molecular weight is 380 g/mol. The zero-order chi connectivity index (χ0) is 19.2. The van der Waals surface area contributed by atoms with Crippen LogP contribution in [-0.4, -0.2) is 88.0 Å². The van der Waals surface area contributed by atoms with Crippen molar-refractivity contribution in [2.75, 3.05) is 52.4 Å². The van der Waals surface area contributed by atoms with Crippen molar-refractivity contribution in [3.63, 3.8) is 0 Å². The molecule has 0 aromatic carbocycles. The molecule has 2 aromatic heterocycles. The van der Waals surface area contributed by atoms with Gasteiger partial charge in [0.15, 0.2) is 0 Å². The van der Waals surface area contributed by atoms with Crippen LogP contribution in [0.25, 0.3) is 0 Å². The summed E-state index contributed by atoms with van der Waals surface area (Å²) >= 11 is 0. The standard InChI is InChI=1S/C21H28N6O/c28-21(26-11-7-24(8-12-26)17-19-3-1-5-22-15-19)27-13-9-25(10-14-27)18-20-4-2-6-23-16-20/h1-6,15-16H,7-14,17-18H2. The van der Waals surface area contributed by atoms with Crippen molar-refractivity contribution in [2.45, 2.75) is 13.1 Å². The molecule has 0 unspecified atom stereocenters. The van der Waals surface area contributed by atoms with Crippen molar-refractivity contribution in [1.29, 1.82) is 0 Å². The van der Waals surface area contributed by atoms with E-state index in [4.69, 9.17) is 0 Å². The van der Waals surface area contributed by atoms with Crippen molar-refractivity contribution >= 4 is 6.03 Å². The quantitative estimate of drug-likeness (QED) is 0.805. The molecule has 4 heterocycles. The Morgan fingerprint density at radius 2 is 1.14 bits per heavy atom. The Bertz CT molecular complexity index is 677. The third-order valence-corrected chi connectivity index (χ3v) is 5.54. The first-order valence-corrected chi connectivity index (χ1v) is 10.0. The number of pyridine rings is 2. The van der Waals surface area contributed by atoms with E-state index in [1.165, 1.54) is 11.1 Å². The molecular formula is C21H28N6O. The van der Waals surface area contributed by atoms with Crippen molar-refractivity contribution in [3.8, 4) is 0 Å². The van der Waals surface area contributed by atoms with Crippen LogP contribution in [-0.2, 0) is 13.1 Å². The van der Waals surface area contributed by atoms with E-state index in [0.29, 0.717) is 0 Å². The molecule has 0 bridgehead atoms. The summed E-state index contributed by atoms with van der Waals surface area (Å²) in [6, 6.07) is 8.36. The van der Waals surface area contributed by atoms with Gasteiger partial charge in [-0.3, -0.25) is 19.8 Å². The number of urea groups is 1. The molecule has 0 aliphatic carbocycles. The fraction of sp³-hybridized carbons (Fsp3) is 0.476.